The van der Waals surface area contributed by atoms with Crippen molar-refractivity contribution in [1.82, 2.24) is 0 Å². The predicted molar refractivity (Wildman–Crippen MR) is 68.1 cm³/mol. The Balaban J connectivity index is 3.10. The van der Waals surface area contributed by atoms with E-state index in [1.807, 2.05) is 19.1 Å². The lowest BCUT2D eigenvalue weighted by Gasteiger charge is -2.34. The third-order valence-corrected chi connectivity index (χ3v) is 3.55. The largest absolute Gasteiger partial charge is 0.480 e. The van der Waals surface area contributed by atoms with Crippen molar-refractivity contribution in [3.8, 4) is 0 Å². The van der Waals surface area contributed by atoms with Crippen molar-refractivity contribution in [2.75, 3.05) is 6.61 Å². The van der Waals surface area contributed by atoms with Crippen LogP contribution in [0.4, 0.5) is 0 Å². The Bertz CT molecular complexity index is 335. The topological polar surface area (TPSA) is 63.6 Å². The van der Waals surface area contributed by atoms with Gasteiger partial charge < -0.3 is 9.84 Å². The van der Waals surface area contributed by atoms with Crippen LogP contribution in [-0.2, 0) is 14.3 Å². The van der Waals surface area contributed by atoms with Crippen LogP contribution >= 0.6 is 0 Å². The van der Waals surface area contributed by atoms with Crippen molar-refractivity contribution in [3.05, 3.63) is 12.2 Å². The highest BCUT2D eigenvalue weighted by atomic mass is 16.5. The van der Waals surface area contributed by atoms with Gasteiger partial charge >= 0.3 is 11.9 Å². The molecule has 1 aliphatic rings. The molecular formula is C14H22O4. The lowest BCUT2D eigenvalue weighted by Crippen LogP contribution is -2.46. The zero-order chi connectivity index (χ0) is 13.6. The van der Waals surface area contributed by atoms with E-state index >= 15 is 0 Å². The SMILES string of the molecule is CCCC(C(=O)O)(C(=O)OCC)C1C=CCCC1. The molecule has 4 heteroatoms. The molecule has 4 nitrogen and oxygen atoms in total. The van der Waals surface area contributed by atoms with Gasteiger partial charge in [0.2, 0.25) is 0 Å². The molecule has 18 heavy (non-hydrogen) atoms. The molecule has 0 saturated heterocycles. The van der Waals surface area contributed by atoms with Crippen LogP contribution in [0, 0.1) is 11.3 Å². The second-order valence-corrected chi connectivity index (χ2v) is 4.71. The van der Waals surface area contributed by atoms with E-state index in [0.29, 0.717) is 12.8 Å². The summed E-state index contributed by atoms with van der Waals surface area (Å²) in [5.74, 6) is -1.89. The van der Waals surface area contributed by atoms with E-state index < -0.39 is 17.4 Å². The zero-order valence-corrected chi connectivity index (χ0v) is 11.1. The molecule has 0 saturated carbocycles. The highest BCUT2D eigenvalue weighted by Crippen LogP contribution is 2.40. The first-order valence-corrected chi connectivity index (χ1v) is 6.66. The van der Waals surface area contributed by atoms with Crippen molar-refractivity contribution in [3.63, 3.8) is 0 Å². The molecule has 0 aromatic carbocycles. The fourth-order valence-corrected chi connectivity index (χ4v) is 2.67. The minimum atomic E-state index is -1.40. The van der Waals surface area contributed by atoms with Gasteiger partial charge in [0.15, 0.2) is 5.41 Å². The Kier molecular flexibility index (Phi) is 5.38. The molecule has 0 amide bonds. The maximum atomic E-state index is 12.2. The molecule has 2 unspecified atom stereocenters. The number of carboxylic acids is 1. The number of carbonyl (C=O) groups excluding carboxylic acids is 1. The summed E-state index contributed by atoms with van der Waals surface area (Å²) in [5, 5.41) is 9.57. The van der Waals surface area contributed by atoms with Crippen LogP contribution in [-0.4, -0.2) is 23.7 Å². The van der Waals surface area contributed by atoms with E-state index in [1.54, 1.807) is 6.92 Å². The fraction of sp³-hybridized carbons (Fsp3) is 0.714. The minimum Gasteiger partial charge on any atom is -0.480 e. The average molecular weight is 254 g/mol. The van der Waals surface area contributed by atoms with E-state index in [2.05, 4.69) is 0 Å². The van der Waals surface area contributed by atoms with E-state index in [4.69, 9.17) is 4.74 Å². The summed E-state index contributed by atoms with van der Waals surface area (Å²) in [6, 6.07) is 0. The van der Waals surface area contributed by atoms with Crippen molar-refractivity contribution in [2.24, 2.45) is 11.3 Å². The maximum Gasteiger partial charge on any atom is 0.324 e. The van der Waals surface area contributed by atoms with Gasteiger partial charge in [-0.1, -0.05) is 25.5 Å². The molecule has 0 aliphatic heterocycles. The van der Waals surface area contributed by atoms with Crippen LogP contribution in [0.15, 0.2) is 12.2 Å². The van der Waals surface area contributed by atoms with Crippen LogP contribution in [0.2, 0.25) is 0 Å². The molecule has 1 N–H and O–H groups in total. The molecule has 0 radical (unpaired) electrons. The van der Waals surface area contributed by atoms with E-state index in [0.717, 1.165) is 19.3 Å². The van der Waals surface area contributed by atoms with Crippen LogP contribution in [0.3, 0.4) is 0 Å². The second kappa shape index (κ2) is 6.57. The molecule has 0 spiro atoms. The molecule has 0 aromatic heterocycles. The van der Waals surface area contributed by atoms with Crippen LogP contribution in [0.25, 0.3) is 0 Å². The van der Waals surface area contributed by atoms with Gasteiger partial charge in [-0.2, -0.15) is 0 Å². The highest BCUT2D eigenvalue weighted by Gasteiger charge is 2.52. The zero-order valence-electron chi connectivity index (χ0n) is 11.1. The number of allylic oxidation sites excluding steroid dienone is 2. The van der Waals surface area contributed by atoms with Crippen molar-refractivity contribution in [1.29, 1.82) is 0 Å². The Morgan fingerprint density at radius 1 is 1.44 bits per heavy atom. The van der Waals surface area contributed by atoms with Gasteiger partial charge in [0.1, 0.15) is 0 Å². The minimum absolute atomic E-state index is 0.216. The third-order valence-electron chi connectivity index (χ3n) is 3.55. The van der Waals surface area contributed by atoms with E-state index in [9.17, 15) is 14.7 Å². The molecule has 102 valence electrons. The number of rotatable bonds is 6. The Hall–Kier alpha value is -1.32. The molecular weight excluding hydrogens is 232 g/mol. The number of hydrogen-bond acceptors (Lipinski definition) is 3. The predicted octanol–water partition coefficient (Wildman–Crippen LogP) is 2.78. The summed E-state index contributed by atoms with van der Waals surface area (Å²) < 4.78 is 5.02. The average Bonchev–Trinajstić information content (AvgIpc) is 2.36. The third kappa shape index (κ3) is 2.74. The monoisotopic (exact) mass is 254 g/mol. The van der Waals surface area contributed by atoms with Gasteiger partial charge in [0, 0.05) is 5.92 Å². The molecule has 0 fully saturated rings. The second-order valence-electron chi connectivity index (χ2n) is 4.71. The summed E-state index contributed by atoms with van der Waals surface area (Å²) in [5.41, 5.74) is -1.40. The van der Waals surface area contributed by atoms with Crippen LogP contribution in [0.5, 0.6) is 0 Å². The molecule has 0 heterocycles. The first-order valence-electron chi connectivity index (χ1n) is 6.66. The number of carbonyl (C=O) groups is 2. The number of hydrogen-bond donors (Lipinski definition) is 1. The smallest absolute Gasteiger partial charge is 0.324 e. The van der Waals surface area contributed by atoms with Gasteiger partial charge in [-0.15, -0.1) is 0 Å². The Morgan fingerprint density at radius 3 is 2.61 bits per heavy atom. The molecule has 1 aliphatic carbocycles. The van der Waals surface area contributed by atoms with E-state index in [1.165, 1.54) is 0 Å². The Morgan fingerprint density at radius 2 is 2.17 bits per heavy atom. The van der Waals surface area contributed by atoms with Crippen LogP contribution in [0.1, 0.15) is 46.0 Å². The first-order chi connectivity index (χ1) is 8.59. The molecule has 0 bridgehead atoms. The molecule has 2 atom stereocenters. The van der Waals surface area contributed by atoms with Gasteiger partial charge in [-0.05, 0) is 32.6 Å². The normalized spacial score (nSPS) is 22.2. The maximum absolute atomic E-state index is 12.2. The van der Waals surface area contributed by atoms with Gasteiger partial charge in [-0.3, -0.25) is 9.59 Å². The van der Waals surface area contributed by atoms with Crippen molar-refractivity contribution >= 4 is 11.9 Å². The summed E-state index contributed by atoms with van der Waals surface area (Å²) in [6.07, 6.45) is 7.46. The summed E-state index contributed by atoms with van der Waals surface area (Å²) >= 11 is 0. The van der Waals surface area contributed by atoms with E-state index in [-0.39, 0.29) is 12.5 Å². The number of esters is 1. The quantitative estimate of drug-likeness (QED) is 0.450. The Labute approximate surface area is 108 Å². The standard InChI is InChI=1S/C14H22O4/c1-3-10-14(12(15)16,13(17)18-4-2)11-8-6-5-7-9-11/h6,8,11H,3-5,7,9-10H2,1-2H3,(H,15,16). The number of aliphatic carboxylic acids is 1. The highest BCUT2D eigenvalue weighted by molar-refractivity contribution is 5.99. The molecule has 1 rings (SSSR count). The lowest BCUT2D eigenvalue weighted by atomic mass is 9.68. The van der Waals surface area contributed by atoms with Gasteiger partial charge in [0.25, 0.3) is 0 Å². The summed E-state index contributed by atoms with van der Waals surface area (Å²) in [7, 11) is 0. The van der Waals surface area contributed by atoms with Crippen molar-refractivity contribution in [2.45, 2.75) is 46.0 Å². The summed E-state index contributed by atoms with van der Waals surface area (Å²) in [4.78, 5) is 23.9. The fourth-order valence-electron chi connectivity index (χ4n) is 2.67. The van der Waals surface area contributed by atoms with Gasteiger partial charge in [0.05, 0.1) is 6.61 Å². The van der Waals surface area contributed by atoms with Crippen molar-refractivity contribution < 1.29 is 19.4 Å². The molecule has 0 aromatic rings. The first kappa shape index (κ1) is 14.7. The summed E-state index contributed by atoms with van der Waals surface area (Å²) in [6.45, 7) is 3.81. The number of carboxylic acid groups (broad SMARTS) is 1. The number of ether oxygens (including phenoxy) is 1. The lowest BCUT2D eigenvalue weighted by molar-refractivity contribution is -0.173. The van der Waals surface area contributed by atoms with Crippen LogP contribution < -0.4 is 0 Å². The van der Waals surface area contributed by atoms with Gasteiger partial charge in [-0.25, -0.2) is 0 Å².